The average molecular weight is 352 g/mol. The van der Waals surface area contributed by atoms with Gasteiger partial charge in [0.05, 0.1) is 13.7 Å². The van der Waals surface area contributed by atoms with Crippen LogP contribution in [0.25, 0.3) is 0 Å². The summed E-state index contributed by atoms with van der Waals surface area (Å²) in [5.41, 5.74) is 2.32. The predicted molar refractivity (Wildman–Crippen MR) is 100.0 cm³/mol. The molecule has 0 radical (unpaired) electrons. The van der Waals surface area contributed by atoms with E-state index in [9.17, 15) is 9.59 Å². The highest BCUT2D eigenvalue weighted by atomic mass is 16.5. The number of nitrogens with one attached hydrogen (secondary N) is 1. The number of urea groups is 1. The van der Waals surface area contributed by atoms with Crippen molar-refractivity contribution in [1.29, 1.82) is 0 Å². The smallest absolute Gasteiger partial charge is 0.325 e. The molecule has 26 heavy (non-hydrogen) atoms. The number of rotatable bonds is 6. The van der Waals surface area contributed by atoms with Gasteiger partial charge in [0.1, 0.15) is 11.3 Å². The minimum atomic E-state index is -0.873. The third kappa shape index (κ3) is 3.72. The summed E-state index contributed by atoms with van der Waals surface area (Å²) in [7, 11) is 1.63. The molecule has 5 nitrogen and oxygen atoms in total. The van der Waals surface area contributed by atoms with Crippen LogP contribution in [-0.4, -0.2) is 29.5 Å². The first kappa shape index (κ1) is 18.0. The van der Waals surface area contributed by atoms with Crippen LogP contribution in [0.15, 0.2) is 48.5 Å². The Bertz CT molecular complexity index is 799. The fraction of sp³-hybridized carbons (Fsp3) is 0.333. The number of methoxy groups -OCH3 is 1. The lowest BCUT2D eigenvalue weighted by Gasteiger charge is -2.21. The van der Waals surface area contributed by atoms with E-state index in [1.165, 1.54) is 4.90 Å². The Morgan fingerprint density at radius 2 is 1.62 bits per heavy atom. The van der Waals surface area contributed by atoms with Crippen molar-refractivity contribution in [3.05, 3.63) is 65.2 Å². The number of ether oxygens (including phenoxy) is 1. The Morgan fingerprint density at radius 3 is 2.23 bits per heavy atom. The highest BCUT2D eigenvalue weighted by molar-refractivity contribution is 6.06. The van der Waals surface area contributed by atoms with Crippen molar-refractivity contribution in [3.8, 4) is 5.75 Å². The highest BCUT2D eigenvalue weighted by Gasteiger charge is 2.47. The van der Waals surface area contributed by atoms with Gasteiger partial charge in [0.25, 0.3) is 5.91 Å². The molecule has 1 atom stereocenters. The highest BCUT2D eigenvalue weighted by Crippen LogP contribution is 2.25. The zero-order valence-electron chi connectivity index (χ0n) is 15.4. The summed E-state index contributed by atoms with van der Waals surface area (Å²) in [4.78, 5) is 26.5. The summed E-state index contributed by atoms with van der Waals surface area (Å²) in [6, 6.07) is 15.3. The average Bonchev–Trinajstić information content (AvgIpc) is 2.86. The zero-order valence-corrected chi connectivity index (χ0v) is 15.4. The summed E-state index contributed by atoms with van der Waals surface area (Å²) in [6.45, 7) is 4.10. The maximum Gasteiger partial charge on any atom is 0.325 e. The molecule has 1 aliphatic rings. The van der Waals surface area contributed by atoms with Crippen LogP contribution >= 0.6 is 0 Å². The second kappa shape index (κ2) is 7.20. The molecule has 1 aliphatic heterocycles. The van der Waals surface area contributed by atoms with Crippen molar-refractivity contribution < 1.29 is 14.3 Å². The molecule has 1 fully saturated rings. The predicted octanol–water partition coefficient (Wildman–Crippen LogP) is 3.45. The fourth-order valence-corrected chi connectivity index (χ4v) is 3.12. The van der Waals surface area contributed by atoms with E-state index in [2.05, 4.69) is 5.32 Å². The van der Waals surface area contributed by atoms with E-state index in [0.29, 0.717) is 19.4 Å². The minimum absolute atomic E-state index is 0.170. The number of benzene rings is 2. The number of carbonyl (C=O) groups excluding carboxylic acids is 2. The normalized spacial score (nSPS) is 19.6. The first-order valence-corrected chi connectivity index (χ1v) is 8.74. The first-order valence-electron chi connectivity index (χ1n) is 8.74. The van der Waals surface area contributed by atoms with Gasteiger partial charge in [0, 0.05) is 0 Å². The third-order valence-electron chi connectivity index (χ3n) is 4.88. The van der Waals surface area contributed by atoms with Crippen molar-refractivity contribution in [2.75, 3.05) is 7.11 Å². The molecule has 0 aliphatic carbocycles. The molecular weight excluding hydrogens is 328 g/mol. The fourth-order valence-electron chi connectivity index (χ4n) is 3.12. The van der Waals surface area contributed by atoms with Crippen LogP contribution in [0.5, 0.6) is 5.75 Å². The van der Waals surface area contributed by atoms with Gasteiger partial charge in [-0.25, -0.2) is 4.79 Å². The van der Waals surface area contributed by atoms with Crippen molar-refractivity contribution in [2.24, 2.45) is 0 Å². The Kier molecular flexibility index (Phi) is 4.98. The Hall–Kier alpha value is -2.82. The van der Waals surface area contributed by atoms with E-state index in [-0.39, 0.29) is 11.9 Å². The second-order valence-electron chi connectivity index (χ2n) is 6.99. The molecule has 2 aromatic carbocycles. The van der Waals surface area contributed by atoms with Gasteiger partial charge >= 0.3 is 6.03 Å². The van der Waals surface area contributed by atoms with Gasteiger partial charge in [-0.1, -0.05) is 42.0 Å². The summed E-state index contributed by atoms with van der Waals surface area (Å²) >= 11 is 0. The summed E-state index contributed by atoms with van der Waals surface area (Å²) in [5, 5.41) is 2.87. The van der Waals surface area contributed by atoms with E-state index < -0.39 is 5.54 Å². The molecule has 0 bridgehead atoms. The van der Waals surface area contributed by atoms with Crippen LogP contribution in [-0.2, 0) is 17.8 Å². The van der Waals surface area contributed by atoms with Crippen LogP contribution in [0, 0.1) is 6.92 Å². The molecule has 0 aromatic heterocycles. The van der Waals surface area contributed by atoms with Gasteiger partial charge in [0.15, 0.2) is 0 Å². The number of carbonyl (C=O) groups is 2. The number of amides is 3. The monoisotopic (exact) mass is 352 g/mol. The second-order valence-corrected chi connectivity index (χ2v) is 6.99. The minimum Gasteiger partial charge on any atom is -0.497 e. The van der Waals surface area contributed by atoms with Gasteiger partial charge in [0.2, 0.25) is 0 Å². The number of nitrogens with zero attached hydrogens (tertiary/aromatic N) is 1. The van der Waals surface area contributed by atoms with Crippen molar-refractivity contribution in [1.82, 2.24) is 10.2 Å². The van der Waals surface area contributed by atoms with Crippen LogP contribution in [0.3, 0.4) is 0 Å². The van der Waals surface area contributed by atoms with E-state index in [4.69, 9.17) is 4.74 Å². The summed E-state index contributed by atoms with van der Waals surface area (Å²) in [5.74, 6) is 0.631. The van der Waals surface area contributed by atoms with Gasteiger partial charge in [-0.3, -0.25) is 9.69 Å². The molecule has 5 heteroatoms. The lowest BCUT2D eigenvalue weighted by Crippen LogP contribution is -2.44. The van der Waals surface area contributed by atoms with Crippen LogP contribution in [0.2, 0.25) is 0 Å². The van der Waals surface area contributed by atoms with Crippen LogP contribution in [0.4, 0.5) is 4.79 Å². The van der Waals surface area contributed by atoms with E-state index in [1.54, 1.807) is 14.0 Å². The van der Waals surface area contributed by atoms with Gasteiger partial charge in [-0.2, -0.15) is 0 Å². The van der Waals surface area contributed by atoms with Gasteiger partial charge in [-0.05, 0) is 49.9 Å². The molecule has 3 rings (SSSR count). The standard InChI is InChI=1S/C21H24N2O3/c1-15-4-6-17(7-5-15)14-23-19(24)21(2,22-20(23)25)13-12-16-8-10-18(26-3)11-9-16/h4-11H,12-14H2,1-3H3,(H,22,25)/t21-/m1/s1. The molecule has 0 saturated carbocycles. The third-order valence-corrected chi connectivity index (χ3v) is 4.88. The van der Waals surface area contributed by atoms with Crippen LogP contribution < -0.4 is 10.1 Å². The Morgan fingerprint density at radius 1 is 1.00 bits per heavy atom. The molecule has 3 amide bonds. The molecule has 1 N–H and O–H groups in total. The van der Waals surface area contributed by atoms with Gasteiger partial charge < -0.3 is 10.1 Å². The lowest BCUT2D eigenvalue weighted by atomic mass is 9.93. The molecular formula is C21H24N2O3. The van der Waals surface area contributed by atoms with Crippen molar-refractivity contribution >= 4 is 11.9 Å². The maximum atomic E-state index is 12.9. The number of hydrogen-bond donors (Lipinski definition) is 1. The Labute approximate surface area is 154 Å². The first-order chi connectivity index (χ1) is 12.4. The molecule has 0 spiro atoms. The zero-order chi connectivity index (χ0) is 18.7. The summed E-state index contributed by atoms with van der Waals surface area (Å²) in [6.07, 6.45) is 1.25. The van der Waals surface area contributed by atoms with Crippen LogP contribution in [0.1, 0.15) is 30.0 Å². The molecule has 1 heterocycles. The molecule has 136 valence electrons. The number of aryl methyl sites for hydroxylation is 2. The summed E-state index contributed by atoms with van der Waals surface area (Å²) < 4.78 is 5.16. The van der Waals surface area contributed by atoms with Crippen molar-refractivity contribution in [2.45, 2.75) is 38.8 Å². The number of imide groups is 1. The lowest BCUT2D eigenvalue weighted by molar-refractivity contribution is -0.131. The topological polar surface area (TPSA) is 58.6 Å². The Balaban J connectivity index is 1.66. The van der Waals surface area contributed by atoms with E-state index >= 15 is 0 Å². The molecule has 2 aromatic rings. The van der Waals surface area contributed by atoms with E-state index in [0.717, 1.165) is 22.4 Å². The van der Waals surface area contributed by atoms with Crippen molar-refractivity contribution in [3.63, 3.8) is 0 Å². The molecule has 0 unspecified atom stereocenters. The largest absolute Gasteiger partial charge is 0.497 e. The quantitative estimate of drug-likeness (QED) is 0.810. The van der Waals surface area contributed by atoms with E-state index in [1.807, 2.05) is 55.5 Å². The number of hydrogen-bond acceptors (Lipinski definition) is 3. The van der Waals surface area contributed by atoms with Gasteiger partial charge in [-0.15, -0.1) is 0 Å². The molecule has 1 saturated heterocycles. The SMILES string of the molecule is COc1ccc(CC[C@@]2(C)NC(=O)N(Cc3ccc(C)cc3)C2=O)cc1. The maximum absolute atomic E-state index is 12.9.